The maximum atomic E-state index is 11.3. The Hall–Kier alpha value is -1.91. The standard InChI is InChI=1S/C13H18N4O2Si/c1-20(2,3)5-4-19-9-17-8-10(6-14)12-13(17)15-7-11(18)16-12/h7-8H,4-5,9H2,1-3H3,(H,16,18). The van der Waals surface area contributed by atoms with Gasteiger partial charge < -0.3 is 14.3 Å². The minimum atomic E-state index is -1.11. The van der Waals surface area contributed by atoms with Gasteiger partial charge in [-0.05, 0) is 6.04 Å². The first-order valence-corrected chi connectivity index (χ1v) is 10.2. The van der Waals surface area contributed by atoms with Crippen molar-refractivity contribution in [1.82, 2.24) is 14.5 Å². The van der Waals surface area contributed by atoms with E-state index in [2.05, 4.69) is 35.7 Å². The topological polar surface area (TPSA) is 83.7 Å². The van der Waals surface area contributed by atoms with Gasteiger partial charge in [-0.25, -0.2) is 4.98 Å². The summed E-state index contributed by atoms with van der Waals surface area (Å²) in [4.78, 5) is 18.0. The molecule has 0 fully saturated rings. The fourth-order valence-electron chi connectivity index (χ4n) is 1.81. The molecule has 2 rings (SSSR count). The van der Waals surface area contributed by atoms with Gasteiger partial charge in [0.25, 0.3) is 5.56 Å². The Morgan fingerprint density at radius 3 is 2.90 bits per heavy atom. The van der Waals surface area contributed by atoms with Crippen molar-refractivity contribution in [1.29, 1.82) is 5.26 Å². The molecule has 2 heterocycles. The molecule has 0 aliphatic carbocycles. The predicted molar refractivity (Wildman–Crippen MR) is 79.2 cm³/mol. The molecule has 0 atom stereocenters. The highest BCUT2D eigenvalue weighted by atomic mass is 28.3. The number of nitrogens with zero attached hydrogens (tertiary/aromatic N) is 3. The molecule has 106 valence electrons. The zero-order valence-electron chi connectivity index (χ0n) is 11.9. The number of H-pyrrole nitrogens is 1. The third kappa shape index (κ3) is 3.34. The Labute approximate surface area is 118 Å². The molecule has 0 spiro atoms. The number of fused-ring (bicyclic) bond motifs is 1. The zero-order chi connectivity index (χ0) is 14.8. The van der Waals surface area contributed by atoms with Crippen LogP contribution in [0, 0.1) is 11.3 Å². The van der Waals surface area contributed by atoms with Crippen LogP contribution in [0.25, 0.3) is 11.2 Å². The minimum Gasteiger partial charge on any atom is -0.361 e. The lowest BCUT2D eigenvalue weighted by atomic mass is 10.3. The number of hydrogen-bond donors (Lipinski definition) is 1. The van der Waals surface area contributed by atoms with E-state index in [9.17, 15) is 4.79 Å². The van der Waals surface area contributed by atoms with Crippen LogP contribution >= 0.6 is 0 Å². The molecule has 0 saturated carbocycles. The van der Waals surface area contributed by atoms with E-state index >= 15 is 0 Å². The van der Waals surface area contributed by atoms with Crippen molar-refractivity contribution < 1.29 is 4.74 Å². The van der Waals surface area contributed by atoms with E-state index in [0.717, 1.165) is 6.04 Å². The summed E-state index contributed by atoms with van der Waals surface area (Å²) in [6, 6.07) is 3.14. The average Bonchev–Trinajstić information content (AvgIpc) is 2.71. The van der Waals surface area contributed by atoms with Crippen LogP contribution in [0.2, 0.25) is 25.7 Å². The molecule has 20 heavy (non-hydrogen) atoms. The molecule has 2 aromatic heterocycles. The van der Waals surface area contributed by atoms with Crippen molar-refractivity contribution in [2.45, 2.75) is 32.4 Å². The zero-order valence-corrected chi connectivity index (χ0v) is 12.9. The molecule has 0 amide bonds. The summed E-state index contributed by atoms with van der Waals surface area (Å²) in [5, 5.41) is 9.07. The molecule has 0 bridgehead atoms. The summed E-state index contributed by atoms with van der Waals surface area (Å²) in [6.45, 7) is 7.91. The van der Waals surface area contributed by atoms with Gasteiger partial charge in [-0.3, -0.25) is 4.79 Å². The number of rotatable bonds is 5. The second kappa shape index (κ2) is 5.61. The average molecular weight is 290 g/mol. The van der Waals surface area contributed by atoms with E-state index in [1.165, 1.54) is 6.20 Å². The van der Waals surface area contributed by atoms with Crippen molar-refractivity contribution >= 4 is 19.2 Å². The largest absolute Gasteiger partial charge is 0.361 e. The molecule has 0 unspecified atom stereocenters. The molecule has 0 saturated heterocycles. The predicted octanol–water partition coefficient (Wildman–Crippen LogP) is 1.91. The van der Waals surface area contributed by atoms with Gasteiger partial charge in [0.05, 0.1) is 11.8 Å². The van der Waals surface area contributed by atoms with Gasteiger partial charge in [-0.2, -0.15) is 5.26 Å². The van der Waals surface area contributed by atoms with Crippen molar-refractivity contribution in [2.75, 3.05) is 6.61 Å². The maximum Gasteiger partial charge on any atom is 0.267 e. The molecule has 0 radical (unpaired) electrons. The molecule has 0 aliphatic heterocycles. The first-order chi connectivity index (χ1) is 9.40. The van der Waals surface area contributed by atoms with Crippen LogP contribution in [0.4, 0.5) is 0 Å². The van der Waals surface area contributed by atoms with Crippen LogP contribution in [-0.2, 0) is 11.5 Å². The summed E-state index contributed by atoms with van der Waals surface area (Å²) in [5.74, 6) is 0. The van der Waals surface area contributed by atoms with E-state index in [4.69, 9.17) is 10.00 Å². The van der Waals surface area contributed by atoms with Crippen molar-refractivity contribution in [3.05, 3.63) is 28.3 Å². The molecule has 1 N–H and O–H groups in total. The minimum absolute atomic E-state index is 0.314. The lowest BCUT2D eigenvalue weighted by Gasteiger charge is -2.15. The Morgan fingerprint density at radius 2 is 2.25 bits per heavy atom. The highest BCUT2D eigenvalue weighted by Crippen LogP contribution is 2.15. The van der Waals surface area contributed by atoms with Gasteiger partial charge >= 0.3 is 0 Å². The number of ether oxygens (including phenoxy) is 1. The summed E-state index contributed by atoms with van der Waals surface area (Å²) >= 11 is 0. The van der Waals surface area contributed by atoms with Crippen molar-refractivity contribution in [2.24, 2.45) is 0 Å². The molecular formula is C13H18N4O2Si. The molecule has 6 nitrogen and oxygen atoms in total. The first-order valence-electron chi connectivity index (χ1n) is 6.47. The fraction of sp³-hybridized carbons (Fsp3) is 0.462. The molecule has 2 aromatic rings. The molecule has 0 aromatic carbocycles. The van der Waals surface area contributed by atoms with Crippen LogP contribution in [0.5, 0.6) is 0 Å². The molecule has 7 heteroatoms. The third-order valence-corrected chi connectivity index (χ3v) is 4.65. The van der Waals surface area contributed by atoms with Gasteiger partial charge in [0.2, 0.25) is 0 Å². The monoisotopic (exact) mass is 290 g/mol. The first kappa shape index (κ1) is 14.5. The maximum absolute atomic E-state index is 11.3. The number of aromatic nitrogens is 3. The Morgan fingerprint density at radius 1 is 1.50 bits per heavy atom. The van der Waals surface area contributed by atoms with Crippen molar-refractivity contribution in [3.63, 3.8) is 0 Å². The summed E-state index contributed by atoms with van der Waals surface area (Å²) in [5.41, 5.74) is 1.12. The van der Waals surface area contributed by atoms with Gasteiger partial charge in [0.1, 0.15) is 18.3 Å². The van der Waals surface area contributed by atoms with Crippen LogP contribution in [0.3, 0.4) is 0 Å². The van der Waals surface area contributed by atoms with E-state index in [0.29, 0.717) is 30.1 Å². The highest BCUT2D eigenvalue weighted by Gasteiger charge is 2.13. The number of hydrogen-bond acceptors (Lipinski definition) is 4. The van der Waals surface area contributed by atoms with Crippen LogP contribution < -0.4 is 5.56 Å². The quantitative estimate of drug-likeness (QED) is 0.673. The van der Waals surface area contributed by atoms with Crippen LogP contribution in [-0.4, -0.2) is 29.2 Å². The van der Waals surface area contributed by atoms with Gasteiger partial charge in [0.15, 0.2) is 5.65 Å². The van der Waals surface area contributed by atoms with E-state index in [1.54, 1.807) is 10.8 Å². The van der Waals surface area contributed by atoms with Gasteiger partial charge in [0, 0.05) is 20.9 Å². The number of nitrogens with one attached hydrogen (secondary N) is 1. The third-order valence-electron chi connectivity index (χ3n) is 2.95. The SMILES string of the molecule is C[Si](C)(C)CCOCn1cc(C#N)c2[nH]c(=O)cnc21. The Bertz CT molecular complexity index is 706. The molecule has 0 aliphatic rings. The summed E-state index contributed by atoms with van der Waals surface area (Å²) in [7, 11) is -1.11. The van der Waals surface area contributed by atoms with Gasteiger partial charge in [-0.15, -0.1) is 0 Å². The normalized spacial score (nSPS) is 11.7. The smallest absolute Gasteiger partial charge is 0.267 e. The lowest BCUT2D eigenvalue weighted by Crippen LogP contribution is -2.22. The lowest BCUT2D eigenvalue weighted by molar-refractivity contribution is 0.0898. The van der Waals surface area contributed by atoms with Crippen molar-refractivity contribution in [3.8, 4) is 6.07 Å². The van der Waals surface area contributed by atoms with Crippen LogP contribution in [0.1, 0.15) is 5.56 Å². The van der Waals surface area contributed by atoms with E-state index < -0.39 is 8.07 Å². The number of nitriles is 1. The van der Waals surface area contributed by atoms with Crippen LogP contribution in [0.15, 0.2) is 17.2 Å². The van der Waals surface area contributed by atoms with Gasteiger partial charge in [-0.1, -0.05) is 19.6 Å². The highest BCUT2D eigenvalue weighted by molar-refractivity contribution is 6.76. The second-order valence-electron chi connectivity index (χ2n) is 5.92. The fourth-order valence-corrected chi connectivity index (χ4v) is 2.56. The molecular weight excluding hydrogens is 272 g/mol. The summed E-state index contributed by atoms with van der Waals surface area (Å²) < 4.78 is 7.39. The Kier molecular flexibility index (Phi) is 4.06. The summed E-state index contributed by atoms with van der Waals surface area (Å²) in [6.07, 6.45) is 2.87. The van der Waals surface area contributed by atoms with E-state index in [1.807, 2.05) is 0 Å². The number of aromatic amines is 1. The Balaban J connectivity index is 2.15. The van der Waals surface area contributed by atoms with E-state index in [-0.39, 0.29) is 5.56 Å². The second-order valence-corrected chi connectivity index (χ2v) is 11.5.